The van der Waals surface area contributed by atoms with Crippen molar-refractivity contribution in [3.63, 3.8) is 0 Å². The molecule has 0 radical (unpaired) electrons. The van der Waals surface area contributed by atoms with Crippen LogP contribution in [0.5, 0.6) is 11.5 Å². The van der Waals surface area contributed by atoms with E-state index in [0.29, 0.717) is 19.6 Å². The molecule has 2 aromatic rings. The summed E-state index contributed by atoms with van der Waals surface area (Å²) >= 11 is 0. The standard InChI is InChI=1S/C17H19N3O3/c1-22-15-4-2-3-11-7-12(9-23-16(11)15)17(21)20-6-5-13-14(8-20)19-10-18-13/h2-4,10,12H,5-9H2,1H3,(H,18,19). The van der Waals surface area contributed by atoms with Gasteiger partial charge in [-0.3, -0.25) is 4.79 Å². The number of carbonyl (C=O) groups is 1. The van der Waals surface area contributed by atoms with E-state index in [1.54, 1.807) is 13.4 Å². The first-order valence-electron chi connectivity index (χ1n) is 7.85. The van der Waals surface area contributed by atoms with Crippen LogP contribution >= 0.6 is 0 Å². The fourth-order valence-electron chi connectivity index (χ4n) is 3.37. The van der Waals surface area contributed by atoms with Crippen LogP contribution in [0.2, 0.25) is 0 Å². The minimum Gasteiger partial charge on any atom is -0.493 e. The number of amides is 1. The molecule has 6 nitrogen and oxygen atoms in total. The molecule has 2 aliphatic heterocycles. The van der Waals surface area contributed by atoms with Crippen molar-refractivity contribution >= 4 is 5.91 Å². The average Bonchev–Trinajstić information content (AvgIpc) is 3.07. The minimum absolute atomic E-state index is 0.140. The molecular weight excluding hydrogens is 294 g/mol. The zero-order valence-electron chi connectivity index (χ0n) is 13.0. The van der Waals surface area contributed by atoms with Crippen molar-refractivity contribution in [2.75, 3.05) is 20.3 Å². The number of H-pyrrole nitrogens is 1. The lowest BCUT2D eigenvalue weighted by Gasteiger charge is -2.32. The number of aromatic nitrogens is 2. The molecule has 0 fully saturated rings. The van der Waals surface area contributed by atoms with Gasteiger partial charge in [-0.2, -0.15) is 0 Å². The quantitative estimate of drug-likeness (QED) is 0.913. The first-order chi connectivity index (χ1) is 11.3. The van der Waals surface area contributed by atoms with Crippen molar-refractivity contribution in [1.29, 1.82) is 0 Å². The molecule has 1 amide bonds. The number of benzene rings is 1. The molecule has 1 unspecified atom stereocenters. The maximum absolute atomic E-state index is 12.8. The van der Waals surface area contributed by atoms with Gasteiger partial charge in [0.05, 0.1) is 37.3 Å². The smallest absolute Gasteiger partial charge is 0.229 e. The van der Waals surface area contributed by atoms with Crippen LogP contribution in [0.1, 0.15) is 17.0 Å². The number of carbonyl (C=O) groups excluding carboxylic acids is 1. The monoisotopic (exact) mass is 313 g/mol. The van der Waals surface area contributed by atoms with E-state index in [9.17, 15) is 4.79 Å². The molecule has 6 heteroatoms. The molecule has 3 heterocycles. The third kappa shape index (κ3) is 2.44. The van der Waals surface area contributed by atoms with Gasteiger partial charge < -0.3 is 19.4 Å². The lowest BCUT2D eigenvalue weighted by atomic mass is 9.94. The van der Waals surface area contributed by atoms with Gasteiger partial charge in [-0.15, -0.1) is 0 Å². The van der Waals surface area contributed by atoms with Gasteiger partial charge in [-0.25, -0.2) is 4.98 Å². The van der Waals surface area contributed by atoms with Crippen molar-refractivity contribution in [3.05, 3.63) is 41.5 Å². The summed E-state index contributed by atoms with van der Waals surface area (Å²) in [4.78, 5) is 22.1. The summed E-state index contributed by atoms with van der Waals surface area (Å²) < 4.78 is 11.2. The lowest BCUT2D eigenvalue weighted by Crippen LogP contribution is -2.43. The van der Waals surface area contributed by atoms with Crippen molar-refractivity contribution in [3.8, 4) is 11.5 Å². The van der Waals surface area contributed by atoms with Crippen LogP contribution in [0.4, 0.5) is 0 Å². The SMILES string of the molecule is COc1cccc2c1OCC(C(=O)N1CCc3nc[nH]c3C1)C2. The number of aromatic amines is 1. The van der Waals surface area contributed by atoms with Crippen LogP contribution in [-0.2, 0) is 24.2 Å². The van der Waals surface area contributed by atoms with E-state index in [0.717, 1.165) is 41.4 Å². The Morgan fingerprint density at radius 1 is 1.48 bits per heavy atom. The van der Waals surface area contributed by atoms with E-state index < -0.39 is 0 Å². The number of rotatable bonds is 2. The average molecular weight is 313 g/mol. The number of nitrogens with zero attached hydrogens (tertiary/aromatic N) is 2. The molecule has 1 aromatic carbocycles. The summed E-state index contributed by atoms with van der Waals surface area (Å²) in [7, 11) is 1.63. The molecule has 1 N–H and O–H groups in total. The molecule has 2 aliphatic rings. The number of nitrogens with one attached hydrogen (secondary N) is 1. The second-order valence-electron chi connectivity index (χ2n) is 6.00. The third-order valence-electron chi connectivity index (χ3n) is 4.61. The van der Waals surface area contributed by atoms with E-state index in [-0.39, 0.29) is 11.8 Å². The normalized spacial score (nSPS) is 19.5. The minimum atomic E-state index is -0.140. The van der Waals surface area contributed by atoms with Gasteiger partial charge in [0.25, 0.3) is 0 Å². The Labute approximate surface area is 134 Å². The van der Waals surface area contributed by atoms with Crippen LogP contribution in [0.3, 0.4) is 0 Å². The first kappa shape index (κ1) is 14.1. The Bertz CT molecular complexity index is 740. The van der Waals surface area contributed by atoms with Crippen LogP contribution < -0.4 is 9.47 Å². The van der Waals surface area contributed by atoms with Gasteiger partial charge in [-0.05, 0) is 18.1 Å². The largest absolute Gasteiger partial charge is 0.493 e. The number of imidazole rings is 1. The second-order valence-corrected chi connectivity index (χ2v) is 6.00. The first-order valence-corrected chi connectivity index (χ1v) is 7.85. The number of fused-ring (bicyclic) bond motifs is 2. The highest BCUT2D eigenvalue weighted by molar-refractivity contribution is 5.80. The molecule has 0 bridgehead atoms. The Kier molecular flexibility index (Phi) is 3.44. The van der Waals surface area contributed by atoms with E-state index in [1.165, 1.54) is 0 Å². The molecule has 0 spiro atoms. The molecular formula is C17H19N3O3. The Morgan fingerprint density at radius 2 is 2.39 bits per heavy atom. The van der Waals surface area contributed by atoms with Gasteiger partial charge >= 0.3 is 0 Å². The Morgan fingerprint density at radius 3 is 3.26 bits per heavy atom. The lowest BCUT2D eigenvalue weighted by molar-refractivity contribution is -0.138. The number of para-hydroxylation sites is 1. The zero-order valence-corrected chi connectivity index (χ0v) is 13.0. The van der Waals surface area contributed by atoms with Crippen LogP contribution in [0, 0.1) is 5.92 Å². The van der Waals surface area contributed by atoms with Gasteiger partial charge in [0, 0.05) is 13.0 Å². The van der Waals surface area contributed by atoms with Crippen LogP contribution in [0.15, 0.2) is 24.5 Å². The maximum Gasteiger partial charge on any atom is 0.229 e. The highest BCUT2D eigenvalue weighted by atomic mass is 16.5. The van der Waals surface area contributed by atoms with Gasteiger partial charge in [0.1, 0.15) is 6.61 Å². The number of ether oxygens (including phenoxy) is 2. The molecule has 1 aromatic heterocycles. The summed E-state index contributed by atoms with van der Waals surface area (Å²) in [5.41, 5.74) is 3.15. The summed E-state index contributed by atoms with van der Waals surface area (Å²) in [5.74, 6) is 1.51. The van der Waals surface area contributed by atoms with E-state index in [1.807, 2.05) is 23.1 Å². The second kappa shape index (κ2) is 5.61. The van der Waals surface area contributed by atoms with E-state index >= 15 is 0 Å². The predicted molar refractivity (Wildman–Crippen MR) is 83.4 cm³/mol. The molecule has 0 saturated heterocycles. The third-order valence-corrected chi connectivity index (χ3v) is 4.61. The predicted octanol–water partition coefficient (Wildman–Crippen LogP) is 1.55. The summed E-state index contributed by atoms with van der Waals surface area (Å²) in [6, 6.07) is 5.82. The van der Waals surface area contributed by atoms with Gasteiger partial charge in [0.2, 0.25) is 5.91 Å². The number of methoxy groups -OCH3 is 1. The molecule has 0 aliphatic carbocycles. The molecule has 4 rings (SSSR count). The Balaban J connectivity index is 1.50. The zero-order chi connectivity index (χ0) is 15.8. The molecule has 23 heavy (non-hydrogen) atoms. The number of hydrogen-bond donors (Lipinski definition) is 1. The fraction of sp³-hybridized carbons (Fsp3) is 0.412. The van der Waals surface area contributed by atoms with E-state index in [2.05, 4.69) is 9.97 Å². The topological polar surface area (TPSA) is 67.5 Å². The van der Waals surface area contributed by atoms with Crippen molar-refractivity contribution in [2.45, 2.75) is 19.4 Å². The fourth-order valence-corrected chi connectivity index (χ4v) is 3.37. The van der Waals surface area contributed by atoms with Crippen LogP contribution in [-0.4, -0.2) is 41.0 Å². The van der Waals surface area contributed by atoms with Gasteiger partial charge in [0.15, 0.2) is 11.5 Å². The summed E-state index contributed by atoms with van der Waals surface area (Å²) in [5, 5.41) is 0. The van der Waals surface area contributed by atoms with Crippen molar-refractivity contribution in [2.24, 2.45) is 5.92 Å². The maximum atomic E-state index is 12.8. The molecule has 120 valence electrons. The molecule has 0 saturated carbocycles. The highest BCUT2D eigenvalue weighted by Gasteiger charge is 2.32. The highest BCUT2D eigenvalue weighted by Crippen LogP contribution is 2.36. The summed E-state index contributed by atoms with van der Waals surface area (Å²) in [6.45, 7) is 1.73. The number of hydrogen-bond acceptors (Lipinski definition) is 4. The van der Waals surface area contributed by atoms with E-state index in [4.69, 9.17) is 9.47 Å². The van der Waals surface area contributed by atoms with Gasteiger partial charge in [-0.1, -0.05) is 12.1 Å². The summed E-state index contributed by atoms with van der Waals surface area (Å²) in [6.07, 6.45) is 3.20. The Hall–Kier alpha value is -2.50. The van der Waals surface area contributed by atoms with Crippen molar-refractivity contribution < 1.29 is 14.3 Å². The van der Waals surface area contributed by atoms with Crippen molar-refractivity contribution in [1.82, 2.24) is 14.9 Å². The van der Waals surface area contributed by atoms with Crippen LogP contribution in [0.25, 0.3) is 0 Å². The molecule has 1 atom stereocenters.